The number of benzene rings is 4. The van der Waals surface area contributed by atoms with E-state index in [9.17, 15) is 10.2 Å². The molecule has 0 aliphatic carbocycles. The van der Waals surface area contributed by atoms with Crippen LogP contribution in [-0.2, 0) is 17.3 Å². The van der Waals surface area contributed by atoms with Gasteiger partial charge in [0.1, 0.15) is 11.4 Å². The summed E-state index contributed by atoms with van der Waals surface area (Å²) in [5.41, 5.74) is 3.85. The van der Waals surface area contributed by atoms with Gasteiger partial charge >= 0.3 is 0 Å². The third kappa shape index (κ3) is 5.71. The van der Waals surface area contributed by atoms with E-state index < -0.39 is 5.60 Å². The molecule has 0 saturated heterocycles. The predicted molar refractivity (Wildman–Crippen MR) is 161 cm³/mol. The third-order valence-electron chi connectivity index (χ3n) is 6.71. The molecule has 3 heteroatoms. The van der Waals surface area contributed by atoms with Crippen molar-refractivity contribution in [3.05, 3.63) is 86.9 Å². The molecule has 0 aliphatic rings. The molecule has 0 aromatic heterocycles. The Morgan fingerprint density at radius 3 is 1.78 bits per heavy atom. The number of rotatable bonds is 2. The molecule has 0 unspecified atom stereocenters. The maximum absolute atomic E-state index is 11.1. The van der Waals surface area contributed by atoms with Crippen LogP contribution in [0, 0.1) is 11.8 Å². The van der Waals surface area contributed by atoms with Gasteiger partial charge in [0, 0.05) is 10.0 Å². The van der Waals surface area contributed by atoms with Gasteiger partial charge in [-0.15, -0.1) is 0 Å². The number of phenolic OH excluding ortho intramolecular Hbond substituents is 1. The standard InChI is InChI=1S/C34H37BrO2/c1-32(2,3)28-19-22(20-29(31(28)36)33(4,5)6)17-21-13-14-24-25(15-16-34(7,8)37)23-11-9-10-12-26(23)30(35)27(24)18-21/h9-14,18-20,36-37H,17H2,1-8H3. The number of aromatic hydroxyl groups is 1. The summed E-state index contributed by atoms with van der Waals surface area (Å²) in [4.78, 5) is 0. The SMILES string of the molecule is CC(C)(O)C#Cc1c2ccccc2c(Br)c2cc(Cc3cc(C(C)(C)C)c(O)c(C(C)(C)C)c3)ccc12. The van der Waals surface area contributed by atoms with Gasteiger partial charge in [-0.3, -0.25) is 0 Å². The van der Waals surface area contributed by atoms with Crippen LogP contribution in [0.5, 0.6) is 5.75 Å². The first-order chi connectivity index (χ1) is 17.1. The Balaban J connectivity index is 1.91. The topological polar surface area (TPSA) is 40.5 Å². The first-order valence-corrected chi connectivity index (χ1v) is 13.6. The van der Waals surface area contributed by atoms with Crippen LogP contribution < -0.4 is 0 Å². The number of hydrogen-bond acceptors (Lipinski definition) is 2. The molecule has 0 atom stereocenters. The summed E-state index contributed by atoms with van der Waals surface area (Å²) >= 11 is 3.88. The number of aliphatic hydroxyl groups is 1. The molecule has 0 bridgehead atoms. The highest BCUT2D eigenvalue weighted by Gasteiger charge is 2.26. The Labute approximate surface area is 229 Å². The summed E-state index contributed by atoms with van der Waals surface area (Å²) < 4.78 is 1.05. The van der Waals surface area contributed by atoms with Crippen LogP contribution in [0.4, 0.5) is 0 Å². The summed E-state index contributed by atoms with van der Waals surface area (Å²) in [5, 5.41) is 25.7. The fourth-order valence-corrected chi connectivity index (χ4v) is 5.48. The number of phenols is 1. The predicted octanol–water partition coefficient (Wildman–Crippen LogP) is 8.77. The van der Waals surface area contributed by atoms with Crippen molar-refractivity contribution in [2.75, 3.05) is 0 Å². The quantitative estimate of drug-likeness (QED) is 0.191. The van der Waals surface area contributed by atoms with Crippen LogP contribution in [0.1, 0.15) is 83.2 Å². The lowest BCUT2D eigenvalue weighted by Gasteiger charge is -2.28. The van der Waals surface area contributed by atoms with Crippen molar-refractivity contribution in [3.63, 3.8) is 0 Å². The Morgan fingerprint density at radius 2 is 1.24 bits per heavy atom. The van der Waals surface area contributed by atoms with Gasteiger partial charge in [-0.05, 0) is 96.9 Å². The smallest absolute Gasteiger partial charge is 0.123 e. The van der Waals surface area contributed by atoms with Gasteiger partial charge in [-0.2, -0.15) is 0 Å². The van der Waals surface area contributed by atoms with Gasteiger partial charge < -0.3 is 10.2 Å². The Bertz CT molecular complexity index is 1530. The first-order valence-electron chi connectivity index (χ1n) is 12.8. The fourth-order valence-electron chi connectivity index (χ4n) is 4.81. The van der Waals surface area contributed by atoms with Crippen molar-refractivity contribution in [2.24, 2.45) is 0 Å². The first kappa shape index (κ1) is 27.2. The molecular weight excluding hydrogens is 520 g/mol. The minimum atomic E-state index is -1.07. The minimum absolute atomic E-state index is 0.167. The zero-order chi connectivity index (χ0) is 27.3. The van der Waals surface area contributed by atoms with Crippen molar-refractivity contribution in [3.8, 4) is 17.6 Å². The molecule has 0 amide bonds. The molecule has 4 aromatic rings. The summed E-state index contributed by atoms with van der Waals surface area (Å²) in [7, 11) is 0. The molecule has 4 aromatic carbocycles. The van der Waals surface area contributed by atoms with E-state index in [4.69, 9.17) is 0 Å². The minimum Gasteiger partial charge on any atom is -0.507 e. The highest BCUT2D eigenvalue weighted by atomic mass is 79.9. The lowest BCUT2D eigenvalue weighted by Crippen LogP contribution is -2.18. The lowest BCUT2D eigenvalue weighted by atomic mass is 9.78. The maximum Gasteiger partial charge on any atom is 0.123 e. The highest BCUT2D eigenvalue weighted by molar-refractivity contribution is 9.10. The van der Waals surface area contributed by atoms with E-state index in [-0.39, 0.29) is 10.8 Å². The second-order valence-corrected chi connectivity index (χ2v) is 13.4. The van der Waals surface area contributed by atoms with Crippen LogP contribution in [-0.4, -0.2) is 15.8 Å². The summed E-state index contributed by atoms with van der Waals surface area (Å²) in [5.74, 6) is 6.69. The van der Waals surface area contributed by atoms with Gasteiger partial charge in [0.2, 0.25) is 0 Å². The number of hydrogen-bond donors (Lipinski definition) is 2. The van der Waals surface area contributed by atoms with Crippen molar-refractivity contribution >= 4 is 37.5 Å². The molecule has 4 rings (SSSR count). The molecule has 37 heavy (non-hydrogen) atoms. The van der Waals surface area contributed by atoms with Crippen LogP contribution in [0.2, 0.25) is 0 Å². The third-order valence-corrected chi connectivity index (χ3v) is 7.56. The highest BCUT2D eigenvalue weighted by Crippen LogP contribution is 2.41. The van der Waals surface area contributed by atoms with Gasteiger partial charge in [-0.1, -0.05) is 102 Å². The van der Waals surface area contributed by atoms with E-state index in [1.807, 2.05) is 12.1 Å². The number of fused-ring (bicyclic) bond motifs is 2. The molecule has 192 valence electrons. The van der Waals surface area contributed by atoms with Gasteiger partial charge in [0.15, 0.2) is 0 Å². The monoisotopic (exact) mass is 556 g/mol. The Kier molecular flexibility index (Phi) is 6.99. The van der Waals surface area contributed by atoms with E-state index in [2.05, 4.69) is 112 Å². The van der Waals surface area contributed by atoms with Crippen molar-refractivity contribution in [2.45, 2.75) is 78.2 Å². The van der Waals surface area contributed by atoms with Crippen LogP contribution >= 0.6 is 15.9 Å². The van der Waals surface area contributed by atoms with Crippen molar-refractivity contribution in [1.82, 2.24) is 0 Å². The van der Waals surface area contributed by atoms with Crippen molar-refractivity contribution < 1.29 is 10.2 Å². The van der Waals surface area contributed by atoms with Crippen LogP contribution in [0.25, 0.3) is 21.5 Å². The average molecular weight is 558 g/mol. The molecule has 0 aliphatic heterocycles. The second kappa shape index (κ2) is 9.50. The summed E-state index contributed by atoms with van der Waals surface area (Å²) in [6.07, 6.45) is 0.756. The van der Waals surface area contributed by atoms with Crippen molar-refractivity contribution in [1.29, 1.82) is 0 Å². The zero-order valence-electron chi connectivity index (χ0n) is 23.2. The van der Waals surface area contributed by atoms with E-state index in [0.717, 1.165) is 49.1 Å². The maximum atomic E-state index is 11.1. The molecule has 2 nitrogen and oxygen atoms in total. The lowest BCUT2D eigenvalue weighted by molar-refractivity contribution is 0.143. The molecular formula is C34H37BrO2. The summed E-state index contributed by atoms with van der Waals surface area (Å²) in [6, 6.07) is 19.1. The van der Waals surface area contributed by atoms with Gasteiger partial charge in [0.25, 0.3) is 0 Å². The molecule has 0 heterocycles. The van der Waals surface area contributed by atoms with Crippen LogP contribution in [0.15, 0.2) is 59.1 Å². The zero-order valence-corrected chi connectivity index (χ0v) is 24.8. The van der Waals surface area contributed by atoms with E-state index in [0.29, 0.717) is 5.75 Å². The van der Waals surface area contributed by atoms with Crippen LogP contribution in [0.3, 0.4) is 0 Å². The van der Waals surface area contributed by atoms with E-state index in [1.165, 1.54) is 11.1 Å². The molecule has 0 fully saturated rings. The molecule has 0 radical (unpaired) electrons. The molecule has 2 N–H and O–H groups in total. The average Bonchev–Trinajstić information content (AvgIpc) is 2.78. The van der Waals surface area contributed by atoms with E-state index >= 15 is 0 Å². The largest absolute Gasteiger partial charge is 0.507 e. The van der Waals surface area contributed by atoms with Gasteiger partial charge in [0.05, 0.1) is 0 Å². The van der Waals surface area contributed by atoms with E-state index in [1.54, 1.807) is 13.8 Å². The normalized spacial score (nSPS) is 12.6. The Morgan fingerprint density at radius 1 is 0.703 bits per heavy atom. The van der Waals surface area contributed by atoms with Gasteiger partial charge in [-0.25, -0.2) is 0 Å². The summed E-state index contributed by atoms with van der Waals surface area (Å²) in [6.45, 7) is 16.3. The molecule has 0 saturated carbocycles. The Hall–Kier alpha value is -2.80. The molecule has 0 spiro atoms. The second-order valence-electron chi connectivity index (χ2n) is 12.6. The number of halogens is 1. The fraction of sp³-hybridized carbons (Fsp3) is 0.353.